The Labute approximate surface area is 231 Å². The van der Waals surface area contributed by atoms with Crippen LogP contribution in [0.2, 0.25) is 0 Å². The van der Waals surface area contributed by atoms with E-state index in [0.29, 0.717) is 22.8 Å². The first-order valence-corrected chi connectivity index (χ1v) is 14.8. The van der Waals surface area contributed by atoms with Gasteiger partial charge in [-0.05, 0) is 24.6 Å². The van der Waals surface area contributed by atoms with Gasteiger partial charge in [0, 0.05) is 38.5 Å². The maximum Gasteiger partial charge on any atom is 0.211 e. The minimum Gasteiger partial charge on any atom is -0.333 e. The molecule has 3 heterocycles. The highest BCUT2D eigenvalue weighted by atomic mass is 32.2. The minimum atomic E-state index is -3.75. The van der Waals surface area contributed by atoms with Gasteiger partial charge in [0.25, 0.3) is 0 Å². The molecule has 6 aromatic rings. The Morgan fingerprint density at radius 2 is 1.32 bits per heavy atom. The monoisotopic (exact) mass is 537 g/mol. The zero-order valence-electron chi connectivity index (χ0n) is 21.4. The maximum absolute atomic E-state index is 13.7. The van der Waals surface area contributed by atoms with Gasteiger partial charge in [-0.1, -0.05) is 103 Å². The highest BCUT2D eigenvalue weighted by molar-refractivity contribution is 7.92. The van der Waals surface area contributed by atoms with Gasteiger partial charge < -0.3 is 4.57 Å². The predicted octanol–water partition coefficient (Wildman–Crippen LogP) is 7.65. The van der Waals surface area contributed by atoms with Crippen LogP contribution < -0.4 is 0 Å². The van der Waals surface area contributed by atoms with Crippen molar-refractivity contribution in [2.24, 2.45) is 0 Å². The van der Waals surface area contributed by atoms with E-state index in [-0.39, 0.29) is 15.8 Å². The maximum atomic E-state index is 13.7. The molecule has 5 nitrogen and oxygen atoms in total. The van der Waals surface area contributed by atoms with Crippen molar-refractivity contribution in [1.82, 2.24) is 14.5 Å². The van der Waals surface area contributed by atoms with Crippen LogP contribution in [0, 0.1) is 0 Å². The molecule has 2 aliphatic rings. The molecule has 0 saturated heterocycles. The van der Waals surface area contributed by atoms with Crippen molar-refractivity contribution in [2.45, 2.75) is 22.3 Å². The summed E-state index contributed by atoms with van der Waals surface area (Å²) in [5.41, 5.74) is 5.51. The number of fused-ring (bicyclic) bond motifs is 6. The van der Waals surface area contributed by atoms with Gasteiger partial charge in [-0.15, -0.1) is 0 Å². The van der Waals surface area contributed by atoms with Crippen LogP contribution in [0.5, 0.6) is 0 Å². The Hall–Kier alpha value is -4.81. The third-order valence-corrected chi connectivity index (χ3v) is 9.73. The molecule has 8 rings (SSSR count). The number of hydrogen-bond acceptors (Lipinski definition) is 4. The zero-order valence-corrected chi connectivity index (χ0v) is 22.2. The molecule has 4 aromatic carbocycles. The predicted molar refractivity (Wildman–Crippen MR) is 159 cm³/mol. The highest BCUT2D eigenvalue weighted by Crippen LogP contribution is 2.46. The van der Waals surface area contributed by atoms with Gasteiger partial charge in [0.15, 0.2) is 5.82 Å². The van der Waals surface area contributed by atoms with Crippen LogP contribution >= 0.6 is 0 Å². The third kappa shape index (κ3) is 3.29. The van der Waals surface area contributed by atoms with E-state index in [4.69, 9.17) is 9.97 Å². The molecule has 0 radical (unpaired) electrons. The van der Waals surface area contributed by atoms with Crippen LogP contribution in [0.15, 0.2) is 131 Å². The number of para-hydroxylation sites is 2. The van der Waals surface area contributed by atoms with Crippen molar-refractivity contribution in [3.8, 4) is 22.5 Å². The largest absolute Gasteiger partial charge is 0.333 e. The van der Waals surface area contributed by atoms with Crippen LogP contribution in [0.4, 0.5) is 0 Å². The van der Waals surface area contributed by atoms with Crippen LogP contribution in [0.1, 0.15) is 18.3 Å². The average molecular weight is 538 g/mol. The normalized spacial score (nSPS) is 17.1. The van der Waals surface area contributed by atoms with E-state index in [0.717, 1.165) is 17.6 Å². The van der Waals surface area contributed by atoms with E-state index in [2.05, 4.69) is 71.3 Å². The van der Waals surface area contributed by atoms with E-state index in [1.54, 1.807) is 12.1 Å². The van der Waals surface area contributed by atoms with Crippen molar-refractivity contribution < 1.29 is 8.42 Å². The molecule has 2 aromatic heterocycles. The number of hydrogen-bond donors (Lipinski definition) is 0. The summed E-state index contributed by atoms with van der Waals surface area (Å²) < 4.78 is 29.8. The first kappa shape index (κ1) is 23.1. The first-order valence-electron chi connectivity index (χ1n) is 13.3. The third-order valence-electron chi connectivity index (χ3n) is 7.87. The molecule has 0 bridgehead atoms. The second-order valence-electron chi connectivity index (χ2n) is 10.2. The molecule has 1 aliphatic heterocycles. The Morgan fingerprint density at radius 3 is 2.08 bits per heavy atom. The fourth-order valence-electron chi connectivity index (χ4n) is 6.12. The lowest BCUT2D eigenvalue weighted by molar-refractivity contribution is 0.598. The minimum absolute atomic E-state index is 0.0536. The lowest BCUT2D eigenvalue weighted by Gasteiger charge is -2.21. The summed E-state index contributed by atoms with van der Waals surface area (Å²) in [5.74, 6) is 0.520. The Balaban J connectivity index is 1.36. The fourth-order valence-corrected chi connectivity index (χ4v) is 7.88. The number of sulfone groups is 1. The van der Waals surface area contributed by atoms with E-state index < -0.39 is 9.84 Å². The van der Waals surface area contributed by atoms with Crippen LogP contribution in [0.3, 0.4) is 0 Å². The molecular weight excluding hydrogens is 514 g/mol. The lowest BCUT2D eigenvalue weighted by atomic mass is 10.0. The Kier molecular flexibility index (Phi) is 4.97. The molecule has 40 heavy (non-hydrogen) atoms. The molecule has 0 amide bonds. The molecule has 0 spiro atoms. The second kappa shape index (κ2) is 8.60. The van der Waals surface area contributed by atoms with Crippen molar-refractivity contribution >= 4 is 37.2 Å². The molecule has 0 N–H and O–H groups in total. The van der Waals surface area contributed by atoms with E-state index in [9.17, 15) is 8.42 Å². The van der Waals surface area contributed by atoms with Crippen LogP contribution in [-0.2, 0) is 9.84 Å². The summed E-state index contributed by atoms with van der Waals surface area (Å²) in [6, 6.07) is 33.6. The van der Waals surface area contributed by atoms with Gasteiger partial charge in [0.2, 0.25) is 9.84 Å². The summed E-state index contributed by atoms with van der Waals surface area (Å²) in [4.78, 5) is 10.3. The van der Waals surface area contributed by atoms with E-state index in [1.807, 2.05) is 42.5 Å². The Bertz CT molecular complexity index is 2110. The van der Waals surface area contributed by atoms with Gasteiger partial charge in [0.05, 0.1) is 22.3 Å². The standard InChI is InChI=1S/C34H23N3O2S/c38-40(39)30-20-9-6-17-27(30)32-33(40)31(22-11-2-1-3-12-22)35-34(36-32)23-13-10-14-24(21-23)37-28-18-7-4-15-25(28)26-16-5-8-19-29(26)37/h1-13,15-21,24H,14H2. The number of nitrogens with zero attached hydrogens (tertiary/aromatic N) is 3. The van der Waals surface area contributed by atoms with Crippen molar-refractivity contribution in [3.05, 3.63) is 127 Å². The zero-order chi connectivity index (χ0) is 26.8. The van der Waals surface area contributed by atoms with Crippen LogP contribution in [0.25, 0.3) is 49.9 Å². The summed E-state index contributed by atoms with van der Waals surface area (Å²) in [6.07, 6.45) is 7.26. The first-order chi connectivity index (χ1) is 19.6. The van der Waals surface area contributed by atoms with Crippen LogP contribution in [-0.4, -0.2) is 23.0 Å². The molecule has 1 atom stereocenters. The number of rotatable bonds is 3. The summed E-state index contributed by atoms with van der Waals surface area (Å²) >= 11 is 0. The van der Waals surface area contributed by atoms with Gasteiger partial charge in [0.1, 0.15) is 4.90 Å². The van der Waals surface area contributed by atoms with Crippen molar-refractivity contribution in [1.29, 1.82) is 0 Å². The van der Waals surface area contributed by atoms with Gasteiger partial charge in [-0.25, -0.2) is 18.4 Å². The highest BCUT2D eigenvalue weighted by Gasteiger charge is 2.38. The fraction of sp³-hybridized carbons (Fsp3) is 0.0588. The summed E-state index contributed by atoms with van der Waals surface area (Å²) in [5, 5.41) is 2.45. The van der Waals surface area contributed by atoms with Crippen molar-refractivity contribution in [2.75, 3.05) is 0 Å². The van der Waals surface area contributed by atoms with Gasteiger partial charge in [-0.2, -0.15) is 0 Å². The summed E-state index contributed by atoms with van der Waals surface area (Å²) in [6.45, 7) is 0. The quantitative estimate of drug-likeness (QED) is 0.232. The Morgan fingerprint density at radius 1 is 0.700 bits per heavy atom. The molecule has 192 valence electrons. The van der Waals surface area contributed by atoms with Crippen molar-refractivity contribution in [3.63, 3.8) is 0 Å². The smallest absolute Gasteiger partial charge is 0.211 e. The van der Waals surface area contributed by atoms with E-state index in [1.165, 1.54) is 21.8 Å². The molecule has 0 saturated carbocycles. The molecule has 6 heteroatoms. The average Bonchev–Trinajstić information content (AvgIpc) is 3.47. The van der Waals surface area contributed by atoms with E-state index >= 15 is 0 Å². The van der Waals surface area contributed by atoms with Gasteiger partial charge >= 0.3 is 0 Å². The lowest BCUT2D eigenvalue weighted by Crippen LogP contribution is -2.10. The number of benzene rings is 4. The summed E-state index contributed by atoms with van der Waals surface area (Å²) in [7, 11) is -3.75. The molecular formula is C34H23N3O2S. The molecule has 0 fully saturated rings. The topological polar surface area (TPSA) is 64.8 Å². The second-order valence-corrected chi connectivity index (χ2v) is 12.0. The number of aromatic nitrogens is 3. The SMILES string of the molecule is O=S1(=O)c2ccccc2-c2nc(C3=CC(n4c5ccccc5c5ccccc54)CC=C3)nc(-c3ccccc3)c21. The molecule has 1 unspecified atom stereocenters. The number of allylic oxidation sites excluding steroid dienone is 4. The molecule has 1 aliphatic carbocycles. The van der Waals surface area contributed by atoms with Gasteiger partial charge in [-0.3, -0.25) is 0 Å².